The first-order valence-electron chi connectivity index (χ1n) is 6.63. The van der Waals surface area contributed by atoms with E-state index in [4.69, 9.17) is 0 Å². The van der Waals surface area contributed by atoms with Crippen molar-refractivity contribution < 1.29 is 0 Å². The molecule has 1 rings (SSSR count). The fourth-order valence-electron chi connectivity index (χ4n) is 2.00. The third kappa shape index (κ3) is 5.22. The number of hydrogen-bond donors (Lipinski definition) is 1. The first-order chi connectivity index (χ1) is 8.95. The Kier molecular flexibility index (Phi) is 6.99. The summed E-state index contributed by atoms with van der Waals surface area (Å²) in [5.41, 5.74) is 1.24. The van der Waals surface area contributed by atoms with Gasteiger partial charge in [-0.15, -0.1) is 0 Å². The van der Waals surface area contributed by atoms with Gasteiger partial charge in [0.15, 0.2) is 0 Å². The Labute approximate surface area is 125 Å². The van der Waals surface area contributed by atoms with Gasteiger partial charge in [-0.2, -0.15) is 5.10 Å². The predicted octanol–water partition coefficient (Wildman–Crippen LogP) is 1.42. The number of nitrogens with zero attached hydrogens (tertiary/aromatic N) is 4. The van der Waals surface area contributed by atoms with Crippen LogP contribution in [-0.4, -0.2) is 67.9 Å². The highest BCUT2D eigenvalue weighted by molar-refractivity contribution is 9.10. The van der Waals surface area contributed by atoms with Gasteiger partial charge >= 0.3 is 0 Å². The molecule has 0 aliphatic carbocycles. The average molecular weight is 332 g/mol. The molecule has 0 saturated heterocycles. The first-order valence-corrected chi connectivity index (χ1v) is 7.43. The van der Waals surface area contributed by atoms with E-state index in [1.807, 2.05) is 13.2 Å². The normalized spacial score (nSPS) is 13.5. The largest absolute Gasteiger partial charge is 0.312 e. The van der Waals surface area contributed by atoms with Crippen LogP contribution in [0.25, 0.3) is 0 Å². The van der Waals surface area contributed by atoms with E-state index in [0.717, 1.165) is 30.5 Å². The Bertz CT molecular complexity index is 375. The second kappa shape index (κ2) is 7.99. The maximum atomic E-state index is 4.47. The minimum atomic E-state index is 0.321. The van der Waals surface area contributed by atoms with Gasteiger partial charge in [0.05, 0.1) is 29.0 Å². The molecule has 1 heterocycles. The molecule has 0 aromatic carbocycles. The van der Waals surface area contributed by atoms with Crippen LogP contribution in [0, 0.1) is 0 Å². The van der Waals surface area contributed by atoms with Gasteiger partial charge in [0, 0.05) is 6.54 Å². The number of rotatable bonds is 8. The van der Waals surface area contributed by atoms with E-state index in [-0.39, 0.29) is 0 Å². The van der Waals surface area contributed by atoms with Crippen LogP contribution in [0.1, 0.15) is 18.2 Å². The van der Waals surface area contributed by atoms with Crippen molar-refractivity contribution >= 4 is 15.9 Å². The minimum Gasteiger partial charge on any atom is -0.312 e. The molecule has 1 atom stereocenters. The summed E-state index contributed by atoms with van der Waals surface area (Å²) in [7, 11) is 10.4. The van der Waals surface area contributed by atoms with Gasteiger partial charge in [0.1, 0.15) is 0 Å². The van der Waals surface area contributed by atoms with Crippen LogP contribution in [0.2, 0.25) is 0 Å². The van der Waals surface area contributed by atoms with E-state index in [1.54, 1.807) is 0 Å². The lowest BCUT2D eigenvalue weighted by Gasteiger charge is -2.21. The van der Waals surface area contributed by atoms with E-state index in [9.17, 15) is 0 Å². The lowest BCUT2D eigenvalue weighted by atomic mass is 10.1. The molecule has 1 N–H and O–H groups in total. The van der Waals surface area contributed by atoms with Crippen LogP contribution >= 0.6 is 15.9 Å². The van der Waals surface area contributed by atoms with Gasteiger partial charge in [0.25, 0.3) is 0 Å². The van der Waals surface area contributed by atoms with Gasteiger partial charge in [0.2, 0.25) is 0 Å². The Morgan fingerprint density at radius 3 is 2.42 bits per heavy atom. The summed E-state index contributed by atoms with van der Waals surface area (Å²) in [6, 6.07) is 0.321. The molecule has 0 aliphatic heterocycles. The molecule has 0 bridgehead atoms. The number of halogens is 1. The topological polar surface area (TPSA) is 36.3 Å². The number of nitrogens with one attached hydrogen (secondary N) is 1. The van der Waals surface area contributed by atoms with Crippen LogP contribution in [0.3, 0.4) is 0 Å². The highest BCUT2D eigenvalue weighted by Gasteiger charge is 2.18. The molecule has 0 spiro atoms. The smallest absolute Gasteiger partial charge is 0.0696 e. The second-order valence-corrected chi connectivity index (χ2v) is 6.19. The molecule has 19 heavy (non-hydrogen) atoms. The summed E-state index contributed by atoms with van der Waals surface area (Å²) in [4.78, 5) is 4.38. The standard InChI is InChI=1S/C13H26BrN5/c1-15-12(6-7-17(2)3)13-11(14)10-16-19(13)9-8-18(4)5/h10,12,15H,6-9H2,1-5H3. The summed E-state index contributed by atoms with van der Waals surface area (Å²) in [5, 5.41) is 7.87. The van der Waals surface area contributed by atoms with E-state index < -0.39 is 0 Å². The molecular weight excluding hydrogens is 306 g/mol. The maximum Gasteiger partial charge on any atom is 0.0696 e. The molecule has 5 nitrogen and oxygen atoms in total. The van der Waals surface area contributed by atoms with Crippen LogP contribution < -0.4 is 5.32 Å². The molecule has 0 radical (unpaired) electrons. The number of hydrogen-bond acceptors (Lipinski definition) is 4. The summed E-state index contributed by atoms with van der Waals surface area (Å²) < 4.78 is 3.19. The molecule has 1 aromatic heterocycles. The SMILES string of the molecule is CNC(CCN(C)C)c1c(Br)cnn1CCN(C)C. The minimum absolute atomic E-state index is 0.321. The van der Waals surface area contributed by atoms with Gasteiger partial charge in [-0.05, 0) is 64.1 Å². The van der Waals surface area contributed by atoms with Crippen molar-refractivity contribution in [2.24, 2.45) is 0 Å². The second-order valence-electron chi connectivity index (χ2n) is 5.34. The summed E-state index contributed by atoms with van der Waals surface area (Å²) in [6.07, 6.45) is 2.96. The van der Waals surface area contributed by atoms with E-state index >= 15 is 0 Å². The van der Waals surface area contributed by atoms with Gasteiger partial charge in [-0.25, -0.2) is 0 Å². The Hall–Kier alpha value is -0.430. The quantitative estimate of drug-likeness (QED) is 0.781. The van der Waals surface area contributed by atoms with Gasteiger partial charge < -0.3 is 15.1 Å². The third-order valence-electron chi connectivity index (χ3n) is 3.14. The molecular formula is C13H26BrN5. The molecule has 0 aliphatic rings. The number of aromatic nitrogens is 2. The maximum absolute atomic E-state index is 4.47. The first kappa shape index (κ1) is 16.6. The Balaban J connectivity index is 2.80. The molecule has 0 fully saturated rings. The van der Waals surface area contributed by atoms with Gasteiger partial charge in [-0.3, -0.25) is 4.68 Å². The van der Waals surface area contributed by atoms with Gasteiger partial charge in [-0.1, -0.05) is 0 Å². The Morgan fingerprint density at radius 1 is 1.26 bits per heavy atom. The van der Waals surface area contributed by atoms with Crippen molar-refractivity contribution in [3.8, 4) is 0 Å². The zero-order valence-corrected chi connectivity index (χ0v) is 14.2. The highest BCUT2D eigenvalue weighted by Crippen LogP contribution is 2.25. The van der Waals surface area contributed by atoms with Crippen LogP contribution in [0.4, 0.5) is 0 Å². The lowest BCUT2D eigenvalue weighted by Crippen LogP contribution is -2.27. The summed E-state index contributed by atoms with van der Waals surface area (Å²) >= 11 is 3.62. The van der Waals surface area contributed by atoms with Crippen molar-refractivity contribution in [1.82, 2.24) is 24.9 Å². The zero-order valence-electron chi connectivity index (χ0n) is 12.6. The van der Waals surface area contributed by atoms with Crippen LogP contribution in [0.5, 0.6) is 0 Å². The molecule has 1 unspecified atom stereocenters. The van der Waals surface area contributed by atoms with E-state index in [2.05, 4.69) is 69.0 Å². The molecule has 1 aromatic rings. The summed E-state index contributed by atoms with van der Waals surface area (Å²) in [5.74, 6) is 0. The zero-order chi connectivity index (χ0) is 14.4. The van der Waals surface area contributed by atoms with Crippen molar-refractivity contribution in [2.75, 3.05) is 48.3 Å². The molecule has 0 saturated carbocycles. The fraction of sp³-hybridized carbons (Fsp3) is 0.769. The monoisotopic (exact) mass is 331 g/mol. The van der Waals surface area contributed by atoms with Crippen molar-refractivity contribution in [3.63, 3.8) is 0 Å². The average Bonchev–Trinajstić information content (AvgIpc) is 2.69. The Morgan fingerprint density at radius 2 is 1.89 bits per heavy atom. The van der Waals surface area contributed by atoms with E-state index in [0.29, 0.717) is 6.04 Å². The molecule has 110 valence electrons. The lowest BCUT2D eigenvalue weighted by molar-refractivity contribution is 0.343. The predicted molar refractivity (Wildman–Crippen MR) is 83.5 cm³/mol. The third-order valence-corrected chi connectivity index (χ3v) is 3.75. The number of likely N-dealkylation sites (N-methyl/N-ethyl adjacent to an activating group) is 1. The van der Waals surface area contributed by atoms with E-state index in [1.165, 1.54) is 5.69 Å². The van der Waals surface area contributed by atoms with Crippen LogP contribution in [0.15, 0.2) is 10.7 Å². The fourth-order valence-corrected chi connectivity index (χ4v) is 2.57. The molecule has 0 amide bonds. The van der Waals surface area contributed by atoms with Crippen molar-refractivity contribution in [3.05, 3.63) is 16.4 Å². The van der Waals surface area contributed by atoms with Crippen molar-refractivity contribution in [1.29, 1.82) is 0 Å². The van der Waals surface area contributed by atoms with Crippen LogP contribution in [-0.2, 0) is 6.54 Å². The highest BCUT2D eigenvalue weighted by atomic mass is 79.9. The summed E-state index contributed by atoms with van der Waals surface area (Å²) in [6.45, 7) is 2.95. The van der Waals surface area contributed by atoms with Crippen molar-refractivity contribution in [2.45, 2.75) is 19.0 Å². The molecule has 6 heteroatoms.